The Morgan fingerprint density at radius 3 is 2.81 bits per heavy atom. The number of benzene rings is 2. The molecule has 4 nitrogen and oxygen atoms in total. The number of nitrogens with zero attached hydrogens (tertiary/aromatic N) is 2. The molecule has 2 unspecified atom stereocenters. The average molecular weight is 360 g/mol. The van der Waals surface area contributed by atoms with Crippen LogP contribution >= 0.6 is 0 Å². The van der Waals surface area contributed by atoms with Crippen LogP contribution in [-0.4, -0.2) is 34.0 Å². The number of piperidine rings is 1. The summed E-state index contributed by atoms with van der Waals surface area (Å²) in [7, 11) is 0. The highest BCUT2D eigenvalue weighted by atomic mass is 16.4. The molecule has 1 fully saturated rings. The Bertz CT molecular complexity index is 969. The number of hydrogen-bond donors (Lipinski definition) is 1. The maximum Gasteiger partial charge on any atom is 0.307 e. The van der Waals surface area contributed by atoms with Crippen molar-refractivity contribution in [3.63, 3.8) is 0 Å². The Balaban J connectivity index is 1.78. The fourth-order valence-electron chi connectivity index (χ4n) is 4.13. The van der Waals surface area contributed by atoms with Crippen LogP contribution in [0.15, 0.2) is 60.8 Å². The molecule has 1 aromatic heterocycles. The predicted molar refractivity (Wildman–Crippen MR) is 107 cm³/mol. The normalized spacial score (nSPS) is 19.1. The third kappa shape index (κ3) is 3.71. The number of carbonyl (C=O) groups is 1. The van der Waals surface area contributed by atoms with E-state index in [1.165, 1.54) is 11.1 Å². The summed E-state index contributed by atoms with van der Waals surface area (Å²) in [4.78, 5) is 18.5. The van der Waals surface area contributed by atoms with E-state index >= 15 is 0 Å². The van der Waals surface area contributed by atoms with Gasteiger partial charge in [-0.25, -0.2) is 0 Å². The number of rotatable bonds is 4. The summed E-state index contributed by atoms with van der Waals surface area (Å²) in [6.07, 6.45) is 3.60. The molecular formula is C23H24N2O2. The quantitative estimate of drug-likeness (QED) is 0.748. The first-order valence-electron chi connectivity index (χ1n) is 9.50. The molecule has 2 atom stereocenters. The molecule has 2 aromatic carbocycles. The van der Waals surface area contributed by atoms with Crippen molar-refractivity contribution in [1.82, 2.24) is 9.88 Å². The van der Waals surface area contributed by atoms with Gasteiger partial charge in [-0.3, -0.25) is 14.7 Å². The van der Waals surface area contributed by atoms with Gasteiger partial charge in [0, 0.05) is 18.1 Å². The molecule has 4 heteroatoms. The molecule has 27 heavy (non-hydrogen) atoms. The average Bonchev–Trinajstić information content (AvgIpc) is 2.68. The van der Waals surface area contributed by atoms with Crippen LogP contribution in [-0.2, 0) is 4.79 Å². The van der Waals surface area contributed by atoms with Crippen LogP contribution in [0.25, 0.3) is 10.9 Å². The number of aromatic nitrogens is 1. The monoisotopic (exact) mass is 360 g/mol. The van der Waals surface area contributed by atoms with Gasteiger partial charge in [-0.15, -0.1) is 0 Å². The molecule has 2 heterocycles. The molecule has 0 spiro atoms. The minimum Gasteiger partial charge on any atom is -0.481 e. The third-order valence-electron chi connectivity index (χ3n) is 5.45. The van der Waals surface area contributed by atoms with Gasteiger partial charge in [0.15, 0.2) is 0 Å². The van der Waals surface area contributed by atoms with Crippen molar-refractivity contribution < 1.29 is 9.90 Å². The Morgan fingerprint density at radius 2 is 2.00 bits per heavy atom. The second kappa shape index (κ2) is 7.49. The highest BCUT2D eigenvalue weighted by Crippen LogP contribution is 2.33. The lowest BCUT2D eigenvalue weighted by atomic mass is 9.91. The van der Waals surface area contributed by atoms with E-state index < -0.39 is 5.97 Å². The SMILES string of the molecule is Cc1cccc(C(c2cnc3ccccc3c2)N2CCCC(C(=O)O)C2)c1. The van der Waals surface area contributed by atoms with Gasteiger partial charge in [0.25, 0.3) is 0 Å². The molecule has 3 aromatic rings. The number of carboxylic acids is 1. The van der Waals surface area contributed by atoms with Crippen LogP contribution in [0, 0.1) is 12.8 Å². The van der Waals surface area contributed by atoms with Gasteiger partial charge in [0.1, 0.15) is 0 Å². The summed E-state index contributed by atoms with van der Waals surface area (Å²) in [6, 6.07) is 18.8. The lowest BCUT2D eigenvalue weighted by molar-refractivity contribution is -0.143. The van der Waals surface area contributed by atoms with E-state index in [0.717, 1.165) is 35.9 Å². The van der Waals surface area contributed by atoms with Crippen LogP contribution < -0.4 is 0 Å². The minimum absolute atomic E-state index is 0.0177. The van der Waals surface area contributed by atoms with Gasteiger partial charge in [-0.1, -0.05) is 48.0 Å². The molecule has 0 saturated carbocycles. The van der Waals surface area contributed by atoms with Crippen LogP contribution in [0.2, 0.25) is 0 Å². The van der Waals surface area contributed by atoms with Gasteiger partial charge in [0.2, 0.25) is 0 Å². The van der Waals surface area contributed by atoms with E-state index in [1.807, 2.05) is 24.4 Å². The number of aliphatic carboxylic acids is 1. The van der Waals surface area contributed by atoms with E-state index in [-0.39, 0.29) is 12.0 Å². The molecule has 1 aliphatic heterocycles. The predicted octanol–water partition coefficient (Wildman–Crippen LogP) is 4.43. The summed E-state index contributed by atoms with van der Waals surface area (Å²) < 4.78 is 0. The standard InChI is InChI=1S/C23H24N2O2/c1-16-6-4-8-18(12-16)22(25-11-5-9-19(15-25)23(26)27)20-13-17-7-2-3-10-21(17)24-14-20/h2-4,6-8,10,12-14,19,22H,5,9,11,15H2,1H3,(H,26,27). The second-order valence-electron chi connectivity index (χ2n) is 7.45. The fraction of sp³-hybridized carbons (Fsp3) is 0.304. The molecular weight excluding hydrogens is 336 g/mol. The van der Waals surface area contributed by atoms with E-state index in [4.69, 9.17) is 0 Å². The number of pyridine rings is 1. The summed E-state index contributed by atoms with van der Waals surface area (Å²) >= 11 is 0. The van der Waals surface area contributed by atoms with Crippen LogP contribution in [0.1, 0.15) is 35.6 Å². The molecule has 1 N–H and O–H groups in total. The van der Waals surface area contributed by atoms with Crippen LogP contribution in [0.3, 0.4) is 0 Å². The number of para-hydroxylation sites is 1. The largest absolute Gasteiger partial charge is 0.481 e. The maximum absolute atomic E-state index is 11.6. The molecule has 0 bridgehead atoms. The summed E-state index contributed by atoms with van der Waals surface area (Å²) in [5.74, 6) is -1.00. The van der Waals surface area contributed by atoms with Crippen molar-refractivity contribution in [2.45, 2.75) is 25.8 Å². The lowest BCUT2D eigenvalue weighted by Crippen LogP contribution is -2.41. The van der Waals surface area contributed by atoms with Crippen molar-refractivity contribution in [2.75, 3.05) is 13.1 Å². The number of likely N-dealkylation sites (tertiary alicyclic amines) is 1. The first-order chi connectivity index (χ1) is 13.1. The topological polar surface area (TPSA) is 53.4 Å². The number of aryl methyl sites for hydroxylation is 1. The Morgan fingerprint density at radius 1 is 1.15 bits per heavy atom. The van der Waals surface area contributed by atoms with E-state index in [0.29, 0.717) is 6.54 Å². The second-order valence-corrected chi connectivity index (χ2v) is 7.45. The summed E-state index contributed by atoms with van der Waals surface area (Å²) in [6.45, 7) is 3.56. The number of fused-ring (bicyclic) bond motifs is 1. The van der Waals surface area contributed by atoms with E-state index in [1.54, 1.807) is 0 Å². The molecule has 138 valence electrons. The molecule has 1 aliphatic rings. The van der Waals surface area contributed by atoms with Gasteiger partial charge in [-0.2, -0.15) is 0 Å². The zero-order chi connectivity index (χ0) is 18.8. The van der Waals surface area contributed by atoms with Gasteiger partial charge < -0.3 is 5.11 Å². The van der Waals surface area contributed by atoms with Crippen molar-refractivity contribution in [2.24, 2.45) is 5.92 Å². The van der Waals surface area contributed by atoms with Gasteiger partial charge in [-0.05, 0) is 49.6 Å². The van der Waals surface area contributed by atoms with Crippen molar-refractivity contribution in [1.29, 1.82) is 0 Å². The Kier molecular flexibility index (Phi) is 4.90. The molecule has 0 radical (unpaired) electrons. The molecule has 0 amide bonds. The molecule has 4 rings (SSSR count). The zero-order valence-electron chi connectivity index (χ0n) is 15.5. The van der Waals surface area contributed by atoms with Crippen LogP contribution in [0.4, 0.5) is 0 Å². The number of hydrogen-bond acceptors (Lipinski definition) is 3. The van der Waals surface area contributed by atoms with Crippen LogP contribution in [0.5, 0.6) is 0 Å². The third-order valence-corrected chi connectivity index (χ3v) is 5.45. The highest BCUT2D eigenvalue weighted by Gasteiger charge is 2.31. The smallest absolute Gasteiger partial charge is 0.307 e. The van der Waals surface area contributed by atoms with Crippen molar-refractivity contribution >= 4 is 16.9 Å². The molecule has 1 saturated heterocycles. The van der Waals surface area contributed by atoms with Crippen molar-refractivity contribution in [3.8, 4) is 0 Å². The fourth-order valence-corrected chi connectivity index (χ4v) is 4.13. The summed E-state index contributed by atoms with van der Waals surface area (Å²) in [5, 5.41) is 10.6. The maximum atomic E-state index is 11.6. The zero-order valence-corrected chi connectivity index (χ0v) is 15.5. The van der Waals surface area contributed by atoms with E-state index in [2.05, 4.69) is 53.2 Å². The molecule has 0 aliphatic carbocycles. The van der Waals surface area contributed by atoms with E-state index in [9.17, 15) is 9.90 Å². The minimum atomic E-state index is -0.695. The van der Waals surface area contributed by atoms with Gasteiger partial charge >= 0.3 is 5.97 Å². The first kappa shape index (κ1) is 17.7. The lowest BCUT2D eigenvalue weighted by Gasteiger charge is -2.37. The van der Waals surface area contributed by atoms with Gasteiger partial charge in [0.05, 0.1) is 17.5 Å². The highest BCUT2D eigenvalue weighted by molar-refractivity contribution is 5.79. The summed E-state index contributed by atoms with van der Waals surface area (Å²) in [5.41, 5.74) is 4.49. The number of carboxylic acid groups (broad SMARTS) is 1. The first-order valence-corrected chi connectivity index (χ1v) is 9.50. The Labute approximate surface area is 159 Å². The Hall–Kier alpha value is -2.72. The van der Waals surface area contributed by atoms with Crippen molar-refractivity contribution in [3.05, 3.63) is 77.5 Å².